The van der Waals surface area contributed by atoms with Crippen molar-refractivity contribution in [2.75, 3.05) is 7.05 Å². The van der Waals surface area contributed by atoms with Crippen molar-refractivity contribution in [2.45, 2.75) is 26.3 Å². The molecule has 0 bridgehead atoms. The lowest BCUT2D eigenvalue weighted by molar-refractivity contribution is 0.0744. The molecule has 0 saturated heterocycles. The maximum absolute atomic E-state index is 13.5. The van der Waals surface area contributed by atoms with Gasteiger partial charge in [0, 0.05) is 48.5 Å². The molecule has 5 heteroatoms. The average Bonchev–Trinajstić information content (AvgIpc) is 2.60. The molecule has 0 aliphatic heterocycles. The zero-order valence-corrected chi connectivity index (χ0v) is 14.5. The van der Waals surface area contributed by atoms with E-state index >= 15 is 0 Å². The van der Waals surface area contributed by atoms with Crippen LogP contribution < -0.4 is 0 Å². The molecule has 0 spiro atoms. The molecule has 0 N–H and O–H groups in total. The predicted octanol–water partition coefficient (Wildman–Crippen LogP) is 3.78. The minimum absolute atomic E-state index is 0.0219. The first kappa shape index (κ1) is 17.0. The molecule has 1 amide bonds. The first-order valence-corrected chi connectivity index (χ1v) is 8.19. The third-order valence-corrected chi connectivity index (χ3v) is 4.34. The van der Waals surface area contributed by atoms with E-state index in [0.29, 0.717) is 28.6 Å². The van der Waals surface area contributed by atoms with Gasteiger partial charge in [0.05, 0.1) is 11.1 Å². The van der Waals surface area contributed by atoms with Crippen molar-refractivity contribution in [3.8, 4) is 0 Å². The van der Waals surface area contributed by atoms with E-state index in [1.807, 2.05) is 25.1 Å². The Balaban J connectivity index is 1.90. The summed E-state index contributed by atoms with van der Waals surface area (Å²) in [5.41, 5.74) is 2.66. The third-order valence-electron chi connectivity index (χ3n) is 4.34. The largest absolute Gasteiger partial charge is 0.339 e. The molecule has 2 aromatic heterocycles. The standard InChI is InChI=1S/C20H20FN3O/c1-13-10-18(17-8-7-15(21)12-19(17)23-13)20(25)24(3)14(2)11-16-6-4-5-9-22-16/h4-10,12,14H,11H2,1-3H3/t14-/m1/s1. The van der Waals surface area contributed by atoms with Crippen molar-refractivity contribution < 1.29 is 9.18 Å². The van der Waals surface area contributed by atoms with Gasteiger partial charge in [0.15, 0.2) is 0 Å². The maximum atomic E-state index is 13.5. The number of rotatable bonds is 4. The second-order valence-electron chi connectivity index (χ2n) is 6.26. The number of amides is 1. The van der Waals surface area contributed by atoms with Crippen LogP contribution in [0.4, 0.5) is 4.39 Å². The number of carbonyl (C=O) groups is 1. The maximum Gasteiger partial charge on any atom is 0.254 e. The fourth-order valence-corrected chi connectivity index (χ4v) is 2.86. The van der Waals surface area contributed by atoms with Gasteiger partial charge in [0.1, 0.15) is 5.82 Å². The minimum atomic E-state index is -0.360. The van der Waals surface area contributed by atoms with Crippen molar-refractivity contribution in [3.63, 3.8) is 0 Å². The quantitative estimate of drug-likeness (QED) is 0.728. The van der Waals surface area contributed by atoms with Crippen LogP contribution in [0.15, 0.2) is 48.7 Å². The molecule has 0 radical (unpaired) electrons. The fraction of sp³-hybridized carbons (Fsp3) is 0.250. The van der Waals surface area contributed by atoms with Gasteiger partial charge in [0.2, 0.25) is 0 Å². The van der Waals surface area contributed by atoms with Crippen molar-refractivity contribution in [3.05, 3.63) is 71.4 Å². The summed E-state index contributed by atoms with van der Waals surface area (Å²) in [5, 5.41) is 0.661. The number of aromatic nitrogens is 2. The van der Waals surface area contributed by atoms with E-state index in [2.05, 4.69) is 9.97 Å². The summed E-state index contributed by atoms with van der Waals surface area (Å²) in [6.07, 6.45) is 2.41. The molecular weight excluding hydrogens is 317 g/mol. The van der Waals surface area contributed by atoms with Crippen LogP contribution in [0.25, 0.3) is 10.9 Å². The first-order valence-electron chi connectivity index (χ1n) is 8.19. The Labute approximate surface area is 146 Å². The van der Waals surface area contributed by atoms with E-state index in [1.165, 1.54) is 12.1 Å². The molecule has 2 heterocycles. The monoisotopic (exact) mass is 337 g/mol. The molecule has 0 saturated carbocycles. The SMILES string of the molecule is Cc1cc(C(=O)N(C)[C@H](C)Cc2ccccn2)c2ccc(F)cc2n1. The number of likely N-dealkylation sites (N-methyl/N-ethyl adjacent to an activating group) is 1. The molecule has 0 aliphatic rings. The molecule has 0 unspecified atom stereocenters. The minimum Gasteiger partial charge on any atom is -0.339 e. The molecule has 0 aliphatic carbocycles. The van der Waals surface area contributed by atoms with Crippen molar-refractivity contribution in [1.82, 2.24) is 14.9 Å². The van der Waals surface area contributed by atoms with Crippen LogP contribution in [0.5, 0.6) is 0 Å². The lowest BCUT2D eigenvalue weighted by Gasteiger charge is -2.25. The van der Waals surface area contributed by atoms with Crippen LogP contribution >= 0.6 is 0 Å². The number of aryl methyl sites for hydroxylation is 1. The molecule has 1 aromatic carbocycles. The molecule has 3 aromatic rings. The van der Waals surface area contributed by atoms with Gasteiger partial charge in [-0.25, -0.2) is 4.39 Å². The van der Waals surface area contributed by atoms with Gasteiger partial charge in [0.25, 0.3) is 5.91 Å². The Morgan fingerprint density at radius 2 is 2.04 bits per heavy atom. The highest BCUT2D eigenvalue weighted by molar-refractivity contribution is 6.06. The van der Waals surface area contributed by atoms with Gasteiger partial charge >= 0.3 is 0 Å². The lowest BCUT2D eigenvalue weighted by Crippen LogP contribution is -2.36. The van der Waals surface area contributed by atoms with Crippen LogP contribution in [0.2, 0.25) is 0 Å². The smallest absolute Gasteiger partial charge is 0.254 e. The van der Waals surface area contributed by atoms with Crippen molar-refractivity contribution in [1.29, 1.82) is 0 Å². The van der Waals surface area contributed by atoms with Crippen LogP contribution in [0, 0.1) is 12.7 Å². The number of nitrogens with zero attached hydrogens (tertiary/aromatic N) is 3. The van der Waals surface area contributed by atoms with E-state index in [0.717, 1.165) is 5.69 Å². The molecule has 25 heavy (non-hydrogen) atoms. The van der Waals surface area contributed by atoms with Gasteiger partial charge in [-0.15, -0.1) is 0 Å². The second-order valence-corrected chi connectivity index (χ2v) is 6.26. The zero-order chi connectivity index (χ0) is 18.0. The predicted molar refractivity (Wildman–Crippen MR) is 95.9 cm³/mol. The summed E-state index contributed by atoms with van der Waals surface area (Å²) in [4.78, 5) is 23.4. The van der Waals surface area contributed by atoms with Crippen LogP contribution in [-0.4, -0.2) is 33.9 Å². The van der Waals surface area contributed by atoms with E-state index in [1.54, 1.807) is 37.2 Å². The van der Waals surface area contributed by atoms with Crippen LogP contribution in [0.3, 0.4) is 0 Å². The van der Waals surface area contributed by atoms with Gasteiger partial charge in [-0.2, -0.15) is 0 Å². The van der Waals surface area contributed by atoms with Crippen molar-refractivity contribution >= 4 is 16.8 Å². The number of hydrogen-bond acceptors (Lipinski definition) is 3. The van der Waals surface area contributed by atoms with Gasteiger partial charge < -0.3 is 4.90 Å². The number of hydrogen-bond donors (Lipinski definition) is 0. The Hall–Kier alpha value is -2.82. The molecule has 128 valence electrons. The highest BCUT2D eigenvalue weighted by Crippen LogP contribution is 2.22. The zero-order valence-electron chi connectivity index (χ0n) is 14.5. The Bertz CT molecular complexity index is 906. The molecular formula is C20H20FN3O. The lowest BCUT2D eigenvalue weighted by atomic mass is 10.0. The van der Waals surface area contributed by atoms with Gasteiger partial charge in [-0.3, -0.25) is 14.8 Å². The summed E-state index contributed by atoms with van der Waals surface area (Å²) in [6.45, 7) is 3.79. The topological polar surface area (TPSA) is 46.1 Å². The summed E-state index contributed by atoms with van der Waals surface area (Å²) < 4.78 is 13.5. The Morgan fingerprint density at radius 3 is 2.76 bits per heavy atom. The number of halogens is 1. The number of benzene rings is 1. The van der Waals surface area contributed by atoms with Crippen LogP contribution in [0.1, 0.15) is 28.7 Å². The van der Waals surface area contributed by atoms with Crippen LogP contribution in [-0.2, 0) is 6.42 Å². The summed E-state index contributed by atoms with van der Waals surface area (Å²) in [5.74, 6) is -0.466. The molecule has 1 atom stereocenters. The summed E-state index contributed by atoms with van der Waals surface area (Å²) >= 11 is 0. The average molecular weight is 337 g/mol. The van der Waals surface area contributed by atoms with Crippen molar-refractivity contribution in [2.24, 2.45) is 0 Å². The van der Waals surface area contributed by atoms with E-state index in [9.17, 15) is 9.18 Å². The fourth-order valence-electron chi connectivity index (χ4n) is 2.86. The number of fused-ring (bicyclic) bond motifs is 1. The first-order chi connectivity index (χ1) is 12.0. The highest BCUT2D eigenvalue weighted by atomic mass is 19.1. The normalized spacial score (nSPS) is 12.2. The van der Waals surface area contributed by atoms with Gasteiger partial charge in [-0.1, -0.05) is 6.07 Å². The van der Waals surface area contributed by atoms with E-state index in [-0.39, 0.29) is 17.8 Å². The van der Waals surface area contributed by atoms with Gasteiger partial charge in [-0.05, 0) is 44.2 Å². The molecule has 3 rings (SSSR count). The molecule has 4 nitrogen and oxygen atoms in total. The summed E-state index contributed by atoms with van der Waals surface area (Å²) in [6, 6.07) is 11.8. The highest BCUT2D eigenvalue weighted by Gasteiger charge is 2.21. The van der Waals surface area contributed by atoms with E-state index < -0.39 is 0 Å². The number of pyridine rings is 2. The Kier molecular flexibility index (Phi) is 4.74. The Morgan fingerprint density at radius 1 is 1.24 bits per heavy atom. The number of carbonyl (C=O) groups excluding carboxylic acids is 1. The third kappa shape index (κ3) is 3.65. The van der Waals surface area contributed by atoms with E-state index in [4.69, 9.17) is 0 Å². The molecule has 0 fully saturated rings. The summed E-state index contributed by atoms with van der Waals surface area (Å²) in [7, 11) is 1.78. The second kappa shape index (κ2) is 6.97.